The first-order valence-electron chi connectivity index (χ1n) is 9.46. The maximum Gasteiger partial charge on any atom is 0.419 e. The second-order valence-corrected chi connectivity index (χ2v) is 9.61. The van der Waals surface area contributed by atoms with Gasteiger partial charge < -0.3 is 14.2 Å². The molecule has 0 aliphatic rings. The van der Waals surface area contributed by atoms with Crippen LogP contribution in [-0.2, 0) is 20.6 Å². The number of carbonyl (C=O) groups is 3. The molecule has 9 heteroatoms. The van der Waals surface area contributed by atoms with Gasteiger partial charge in [-0.1, -0.05) is 0 Å². The maximum absolute atomic E-state index is 12.5. The van der Waals surface area contributed by atoms with Gasteiger partial charge in [0.2, 0.25) is 0 Å². The lowest BCUT2D eigenvalue weighted by molar-refractivity contribution is 0.00162. The standard InChI is InChI=1S/C20H33N3O6/c1-18(2,3)27-15(24)22-12-14(21-13-22)10-11-23(16(25)28-19(4,5)6)17(26)29-20(7,8)9/h12-13H,10-11H2,1-9H3. The molecule has 0 spiro atoms. The average molecular weight is 411 g/mol. The number of aromatic nitrogens is 2. The molecule has 0 saturated carbocycles. The summed E-state index contributed by atoms with van der Waals surface area (Å²) in [6, 6.07) is 0. The van der Waals surface area contributed by atoms with Gasteiger partial charge in [0, 0.05) is 19.2 Å². The summed E-state index contributed by atoms with van der Waals surface area (Å²) in [5, 5.41) is 0. The summed E-state index contributed by atoms with van der Waals surface area (Å²) in [5.74, 6) is 0. The van der Waals surface area contributed by atoms with Gasteiger partial charge in [0.1, 0.15) is 23.1 Å². The Balaban J connectivity index is 2.88. The van der Waals surface area contributed by atoms with E-state index in [9.17, 15) is 14.4 Å². The second-order valence-electron chi connectivity index (χ2n) is 9.61. The highest BCUT2D eigenvalue weighted by Crippen LogP contribution is 2.15. The van der Waals surface area contributed by atoms with E-state index in [-0.39, 0.29) is 13.0 Å². The summed E-state index contributed by atoms with van der Waals surface area (Å²) >= 11 is 0. The van der Waals surface area contributed by atoms with Gasteiger partial charge in [0.25, 0.3) is 0 Å². The average Bonchev–Trinajstić information content (AvgIpc) is 2.90. The van der Waals surface area contributed by atoms with Crippen LogP contribution in [0.25, 0.3) is 0 Å². The molecule has 0 saturated heterocycles. The molecule has 2 amide bonds. The molecule has 29 heavy (non-hydrogen) atoms. The molecule has 0 atom stereocenters. The normalized spacial score (nSPS) is 12.3. The van der Waals surface area contributed by atoms with Crippen molar-refractivity contribution in [2.24, 2.45) is 0 Å². The minimum absolute atomic E-state index is 0.0187. The van der Waals surface area contributed by atoms with Crippen molar-refractivity contribution in [2.45, 2.75) is 85.5 Å². The highest BCUT2D eigenvalue weighted by Gasteiger charge is 2.31. The summed E-state index contributed by atoms with van der Waals surface area (Å²) in [6.07, 6.45) is 0.864. The SMILES string of the molecule is CC(C)(C)OC(=O)N(CCc1cn(C(=O)OC(C)(C)C)cn1)C(=O)OC(C)(C)C. The Morgan fingerprint density at radius 3 is 1.72 bits per heavy atom. The summed E-state index contributed by atoms with van der Waals surface area (Å²) < 4.78 is 17.1. The quantitative estimate of drug-likeness (QED) is 0.680. The van der Waals surface area contributed by atoms with Gasteiger partial charge in [-0.3, -0.25) is 0 Å². The van der Waals surface area contributed by atoms with Gasteiger partial charge in [-0.2, -0.15) is 0 Å². The third-order valence-electron chi connectivity index (χ3n) is 3.06. The van der Waals surface area contributed by atoms with Crippen LogP contribution in [0.2, 0.25) is 0 Å². The summed E-state index contributed by atoms with van der Waals surface area (Å²) in [7, 11) is 0. The van der Waals surface area contributed by atoms with Crippen LogP contribution in [-0.4, -0.2) is 56.1 Å². The molecule has 0 unspecified atom stereocenters. The molecule has 0 fully saturated rings. The van der Waals surface area contributed by atoms with Gasteiger partial charge >= 0.3 is 18.3 Å². The zero-order valence-electron chi connectivity index (χ0n) is 18.9. The largest absolute Gasteiger partial charge is 0.443 e. The highest BCUT2D eigenvalue weighted by atomic mass is 16.6. The summed E-state index contributed by atoms with van der Waals surface area (Å²) in [6.45, 7) is 15.5. The van der Waals surface area contributed by atoms with Crippen LogP contribution in [0.3, 0.4) is 0 Å². The zero-order chi connectivity index (χ0) is 22.6. The number of carbonyl (C=O) groups excluding carboxylic acids is 3. The molecule has 164 valence electrons. The molecule has 1 aromatic rings. The Labute approximate surface area is 172 Å². The molecule has 0 aromatic carbocycles. The number of imidazole rings is 1. The van der Waals surface area contributed by atoms with Crippen molar-refractivity contribution in [1.29, 1.82) is 0 Å². The fraction of sp³-hybridized carbons (Fsp3) is 0.700. The lowest BCUT2D eigenvalue weighted by Crippen LogP contribution is -2.44. The fourth-order valence-corrected chi connectivity index (χ4v) is 2.02. The second kappa shape index (κ2) is 8.84. The number of hydrogen-bond donors (Lipinski definition) is 0. The van der Waals surface area contributed by atoms with E-state index < -0.39 is 35.1 Å². The number of imide groups is 1. The molecule has 0 aliphatic carbocycles. The molecule has 1 aromatic heterocycles. The van der Waals surface area contributed by atoms with Crippen LogP contribution < -0.4 is 0 Å². The molecule has 0 bridgehead atoms. The maximum atomic E-state index is 12.5. The highest BCUT2D eigenvalue weighted by molar-refractivity contribution is 5.88. The van der Waals surface area contributed by atoms with E-state index in [1.54, 1.807) is 62.3 Å². The van der Waals surface area contributed by atoms with Crippen LogP contribution in [0, 0.1) is 0 Å². The van der Waals surface area contributed by atoms with Crippen LogP contribution in [0.4, 0.5) is 14.4 Å². The van der Waals surface area contributed by atoms with E-state index in [0.29, 0.717) is 5.69 Å². The monoisotopic (exact) mass is 411 g/mol. The number of hydrogen-bond acceptors (Lipinski definition) is 7. The Morgan fingerprint density at radius 1 is 0.862 bits per heavy atom. The number of rotatable bonds is 3. The van der Waals surface area contributed by atoms with Crippen LogP contribution in [0.1, 0.15) is 68.0 Å². The van der Waals surface area contributed by atoms with E-state index in [2.05, 4.69) is 4.98 Å². The molecular formula is C20H33N3O6. The number of amides is 2. The van der Waals surface area contributed by atoms with Gasteiger partial charge in [0.15, 0.2) is 0 Å². The topological polar surface area (TPSA) is 100.0 Å². The molecule has 1 heterocycles. The van der Waals surface area contributed by atoms with Crippen molar-refractivity contribution >= 4 is 18.3 Å². The molecule has 1 rings (SSSR count). The third-order valence-corrected chi connectivity index (χ3v) is 3.06. The smallest absolute Gasteiger partial charge is 0.419 e. The fourth-order valence-electron chi connectivity index (χ4n) is 2.02. The molecule has 9 nitrogen and oxygen atoms in total. The van der Waals surface area contributed by atoms with E-state index in [0.717, 1.165) is 4.90 Å². The number of ether oxygens (including phenoxy) is 3. The zero-order valence-corrected chi connectivity index (χ0v) is 18.9. The Morgan fingerprint density at radius 2 is 1.31 bits per heavy atom. The third kappa shape index (κ3) is 9.45. The molecule has 0 aliphatic heterocycles. The minimum atomic E-state index is -0.807. The van der Waals surface area contributed by atoms with Crippen molar-refractivity contribution in [3.05, 3.63) is 18.2 Å². The first kappa shape index (κ1) is 24.5. The predicted octanol–water partition coefficient (Wildman–Crippen LogP) is 4.38. The first-order valence-corrected chi connectivity index (χ1v) is 9.46. The summed E-state index contributed by atoms with van der Waals surface area (Å²) in [4.78, 5) is 42.1. The van der Waals surface area contributed by atoms with Crippen molar-refractivity contribution in [2.75, 3.05) is 6.54 Å². The van der Waals surface area contributed by atoms with Gasteiger partial charge in [0.05, 0.1) is 5.69 Å². The van der Waals surface area contributed by atoms with Gasteiger partial charge in [-0.15, -0.1) is 0 Å². The van der Waals surface area contributed by atoms with Crippen molar-refractivity contribution in [3.8, 4) is 0 Å². The van der Waals surface area contributed by atoms with Crippen molar-refractivity contribution in [1.82, 2.24) is 14.5 Å². The van der Waals surface area contributed by atoms with Gasteiger partial charge in [-0.05, 0) is 62.3 Å². The predicted molar refractivity (Wildman–Crippen MR) is 107 cm³/mol. The minimum Gasteiger partial charge on any atom is -0.443 e. The summed E-state index contributed by atoms with van der Waals surface area (Å²) in [5.41, 5.74) is -1.66. The van der Waals surface area contributed by atoms with E-state index in [1.165, 1.54) is 17.1 Å². The lowest BCUT2D eigenvalue weighted by Gasteiger charge is -2.28. The first-order chi connectivity index (χ1) is 13.0. The molecular weight excluding hydrogens is 378 g/mol. The van der Waals surface area contributed by atoms with Crippen molar-refractivity contribution in [3.63, 3.8) is 0 Å². The lowest BCUT2D eigenvalue weighted by atomic mass is 10.2. The molecule has 0 radical (unpaired) electrons. The van der Waals surface area contributed by atoms with Crippen LogP contribution in [0.5, 0.6) is 0 Å². The Kier molecular flexibility index (Phi) is 7.45. The van der Waals surface area contributed by atoms with E-state index >= 15 is 0 Å². The van der Waals surface area contributed by atoms with Gasteiger partial charge in [-0.25, -0.2) is 28.8 Å². The molecule has 0 N–H and O–H groups in total. The Hall–Kier alpha value is -2.58. The number of nitrogens with zero attached hydrogens (tertiary/aromatic N) is 3. The Bertz CT molecular complexity index is 707. The van der Waals surface area contributed by atoms with Crippen LogP contribution in [0.15, 0.2) is 12.5 Å². The van der Waals surface area contributed by atoms with E-state index in [4.69, 9.17) is 14.2 Å². The van der Waals surface area contributed by atoms with E-state index in [1.807, 2.05) is 0 Å². The van der Waals surface area contributed by atoms with Crippen molar-refractivity contribution < 1.29 is 28.6 Å². The van der Waals surface area contributed by atoms with Crippen LogP contribution >= 0.6 is 0 Å².